The van der Waals surface area contributed by atoms with Gasteiger partial charge in [0.25, 0.3) is 0 Å². The molecule has 2 aromatic rings. The van der Waals surface area contributed by atoms with Crippen LogP contribution >= 0.6 is 0 Å². The van der Waals surface area contributed by atoms with E-state index in [2.05, 4.69) is 4.98 Å². The summed E-state index contributed by atoms with van der Waals surface area (Å²) < 4.78 is 1.51. The van der Waals surface area contributed by atoms with Gasteiger partial charge in [0.2, 0.25) is 0 Å². The number of nitrogens with zero attached hydrogens (tertiary/aromatic N) is 1. The quantitative estimate of drug-likeness (QED) is 0.823. The molecule has 0 aliphatic heterocycles. The molecule has 0 saturated carbocycles. The van der Waals surface area contributed by atoms with E-state index in [4.69, 9.17) is 5.11 Å². The Balaban J connectivity index is 2.54. The molecule has 0 spiro atoms. The van der Waals surface area contributed by atoms with Crippen LogP contribution in [0, 0.1) is 13.8 Å². The van der Waals surface area contributed by atoms with E-state index in [1.165, 1.54) is 16.7 Å². The molecule has 0 saturated heterocycles. The summed E-state index contributed by atoms with van der Waals surface area (Å²) in [6, 6.07) is 6.19. The van der Waals surface area contributed by atoms with E-state index < -0.39 is 5.97 Å². The van der Waals surface area contributed by atoms with Crippen LogP contribution in [-0.4, -0.2) is 20.6 Å². The van der Waals surface area contributed by atoms with Crippen LogP contribution in [0.5, 0.6) is 0 Å². The molecule has 0 aliphatic carbocycles. The van der Waals surface area contributed by atoms with E-state index in [-0.39, 0.29) is 11.3 Å². The molecule has 17 heavy (non-hydrogen) atoms. The second-order valence-corrected chi connectivity index (χ2v) is 3.83. The summed E-state index contributed by atoms with van der Waals surface area (Å²) in [6.45, 7) is 3.65. The van der Waals surface area contributed by atoms with Crippen molar-refractivity contribution < 1.29 is 9.90 Å². The summed E-state index contributed by atoms with van der Waals surface area (Å²) in [7, 11) is 0. The third-order valence-electron chi connectivity index (χ3n) is 2.75. The molecule has 0 radical (unpaired) electrons. The highest BCUT2D eigenvalue weighted by molar-refractivity contribution is 5.87. The third kappa shape index (κ3) is 1.87. The van der Waals surface area contributed by atoms with Gasteiger partial charge in [-0.1, -0.05) is 0 Å². The molecule has 0 atom stereocenters. The Kier molecular flexibility index (Phi) is 2.59. The van der Waals surface area contributed by atoms with Crippen LogP contribution in [0.2, 0.25) is 0 Å². The van der Waals surface area contributed by atoms with Gasteiger partial charge in [0.05, 0.1) is 11.3 Å². The summed E-state index contributed by atoms with van der Waals surface area (Å²) in [5, 5.41) is 8.78. The van der Waals surface area contributed by atoms with E-state index in [0.717, 1.165) is 11.4 Å². The van der Waals surface area contributed by atoms with Crippen LogP contribution in [0.3, 0.4) is 0 Å². The molecular weight excluding hydrogens is 220 g/mol. The zero-order valence-electron chi connectivity index (χ0n) is 9.52. The van der Waals surface area contributed by atoms with Crippen molar-refractivity contribution in [3.8, 4) is 5.69 Å². The van der Waals surface area contributed by atoms with Gasteiger partial charge in [0.1, 0.15) is 0 Å². The van der Waals surface area contributed by atoms with Crippen molar-refractivity contribution in [2.75, 3.05) is 0 Å². The molecule has 1 aromatic carbocycles. The van der Waals surface area contributed by atoms with E-state index in [1.54, 1.807) is 12.1 Å². The van der Waals surface area contributed by atoms with Gasteiger partial charge < -0.3 is 10.1 Å². The summed E-state index contributed by atoms with van der Waals surface area (Å²) in [6.07, 6.45) is 0. The Morgan fingerprint density at radius 2 is 1.82 bits per heavy atom. The first-order valence-corrected chi connectivity index (χ1v) is 5.12. The minimum Gasteiger partial charge on any atom is -0.478 e. The number of H-pyrrole nitrogens is 1. The van der Waals surface area contributed by atoms with Crippen LogP contribution in [-0.2, 0) is 0 Å². The molecule has 1 heterocycles. The van der Waals surface area contributed by atoms with Gasteiger partial charge in [0.15, 0.2) is 0 Å². The first kappa shape index (κ1) is 11.2. The number of aryl methyl sites for hydroxylation is 1. The smallest absolute Gasteiger partial charge is 0.335 e. The highest BCUT2D eigenvalue weighted by Gasteiger charge is 2.09. The fraction of sp³-hybridized carbons (Fsp3) is 0.167. The molecule has 2 rings (SSSR count). The van der Waals surface area contributed by atoms with Gasteiger partial charge in [-0.3, -0.25) is 4.57 Å². The lowest BCUT2D eigenvalue weighted by atomic mass is 10.2. The minimum atomic E-state index is -0.981. The summed E-state index contributed by atoms with van der Waals surface area (Å²) in [4.78, 5) is 25.1. The zero-order chi connectivity index (χ0) is 12.6. The van der Waals surface area contributed by atoms with E-state index >= 15 is 0 Å². The third-order valence-corrected chi connectivity index (χ3v) is 2.75. The summed E-state index contributed by atoms with van der Waals surface area (Å²) >= 11 is 0. The number of hydrogen-bond donors (Lipinski definition) is 2. The Hall–Kier alpha value is -2.30. The molecular formula is C12H12N2O3. The molecule has 5 nitrogen and oxygen atoms in total. The fourth-order valence-electron chi connectivity index (χ4n) is 1.69. The number of aromatic nitrogens is 2. The number of aromatic carboxylic acids is 1. The number of benzene rings is 1. The molecule has 0 bridgehead atoms. The first-order valence-electron chi connectivity index (χ1n) is 5.12. The molecule has 0 aliphatic rings. The predicted octanol–water partition coefficient (Wildman–Crippen LogP) is 1.48. The maximum Gasteiger partial charge on any atom is 0.335 e. The molecule has 0 amide bonds. The van der Waals surface area contributed by atoms with Gasteiger partial charge in [-0.2, -0.15) is 0 Å². The Morgan fingerprint density at radius 3 is 2.24 bits per heavy atom. The molecule has 0 unspecified atom stereocenters. The molecule has 88 valence electrons. The predicted molar refractivity (Wildman–Crippen MR) is 62.8 cm³/mol. The Bertz CT molecular complexity index is 620. The lowest BCUT2D eigenvalue weighted by Crippen LogP contribution is -2.15. The standard InChI is InChI=1S/C12H12N2O3/c1-7-8(2)14(12(17)13-7)10-5-3-9(4-6-10)11(15)16/h3-6H,1-2H3,(H,13,17)(H,15,16). The zero-order valence-corrected chi connectivity index (χ0v) is 9.52. The van der Waals surface area contributed by atoms with Crippen molar-refractivity contribution in [3.63, 3.8) is 0 Å². The number of rotatable bonds is 2. The van der Waals surface area contributed by atoms with Crippen LogP contribution in [0.15, 0.2) is 29.1 Å². The van der Waals surface area contributed by atoms with Crippen LogP contribution in [0.25, 0.3) is 5.69 Å². The van der Waals surface area contributed by atoms with E-state index in [1.807, 2.05) is 13.8 Å². The number of nitrogens with one attached hydrogen (secondary N) is 1. The number of carboxylic acid groups (broad SMARTS) is 1. The van der Waals surface area contributed by atoms with Crippen LogP contribution in [0.4, 0.5) is 0 Å². The van der Waals surface area contributed by atoms with Gasteiger partial charge in [-0.25, -0.2) is 9.59 Å². The SMILES string of the molecule is Cc1[nH]c(=O)n(-c2ccc(C(=O)O)cc2)c1C. The van der Waals surface area contributed by atoms with E-state index in [9.17, 15) is 9.59 Å². The first-order chi connectivity index (χ1) is 8.00. The number of hydrogen-bond acceptors (Lipinski definition) is 2. The molecule has 0 fully saturated rings. The topological polar surface area (TPSA) is 75.1 Å². The number of carboxylic acids is 1. The molecule has 2 N–H and O–H groups in total. The Morgan fingerprint density at radius 1 is 1.24 bits per heavy atom. The second-order valence-electron chi connectivity index (χ2n) is 3.83. The maximum atomic E-state index is 11.7. The fourth-order valence-corrected chi connectivity index (χ4v) is 1.69. The highest BCUT2D eigenvalue weighted by atomic mass is 16.4. The van der Waals surface area contributed by atoms with Crippen molar-refractivity contribution in [2.24, 2.45) is 0 Å². The van der Waals surface area contributed by atoms with Crippen molar-refractivity contribution in [3.05, 3.63) is 51.7 Å². The number of carbonyl (C=O) groups is 1. The normalized spacial score (nSPS) is 10.5. The van der Waals surface area contributed by atoms with Gasteiger partial charge in [-0.05, 0) is 38.1 Å². The lowest BCUT2D eigenvalue weighted by Gasteiger charge is -2.04. The lowest BCUT2D eigenvalue weighted by molar-refractivity contribution is 0.0697. The summed E-state index contributed by atoms with van der Waals surface area (Å²) in [5.41, 5.74) is 2.26. The largest absolute Gasteiger partial charge is 0.478 e. The Labute approximate surface area is 97.3 Å². The minimum absolute atomic E-state index is 0.201. The van der Waals surface area contributed by atoms with Crippen molar-refractivity contribution in [1.29, 1.82) is 0 Å². The van der Waals surface area contributed by atoms with Crippen molar-refractivity contribution in [2.45, 2.75) is 13.8 Å². The van der Waals surface area contributed by atoms with Crippen LogP contribution in [0.1, 0.15) is 21.7 Å². The monoisotopic (exact) mass is 232 g/mol. The van der Waals surface area contributed by atoms with Crippen molar-refractivity contribution >= 4 is 5.97 Å². The second kappa shape index (κ2) is 3.93. The number of aromatic amines is 1. The van der Waals surface area contributed by atoms with Gasteiger partial charge in [0, 0.05) is 11.4 Å². The number of imidazole rings is 1. The maximum absolute atomic E-state index is 11.7. The van der Waals surface area contributed by atoms with Crippen molar-refractivity contribution in [1.82, 2.24) is 9.55 Å². The van der Waals surface area contributed by atoms with Gasteiger partial charge >= 0.3 is 11.7 Å². The highest BCUT2D eigenvalue weighted by Crippen LogP contribution is 2.11. The summed E-state index contributed by atoms with van der Waals surface area (Å²) in [5.74, 6) is -0.981. The van der Waals surface area contributed by atoms with E-state index in [0.29, 0.717) is 5.69 Å². The van der Waals surface area contributed by atoms with Gasteiger partial charge in [-0.15, -0.1) is 0 Å². The molecule has 5 heteroatoms. The average Bonchev–Trinajstić information content (AvgIpc) is 2.53. The molecule has 1 aromatic heterocycles. The average molecular weight is 232 g/mol. The van der Waals surface area contributed by atoms with Crippen LogP contribution < -0.4 is 5.69 Å².